The van der Waals surface area contributed by atoms with Gasteiger partial charge in [0.05, 0.1) is 5.54 Å². The molecule has 2 nitrogen and oxygen atoms in total. The molecule has 0 saturated heterocycles. The maximum Gasteiger partial charge on any atom is 0.153 e. The molecule has 2 aliphatic rings. The van der Waals surface area contributed by atoms with Gasteiger partial charge in [-0.15, -0.1) is 0 Å². The van der Waals surface area contributed by atoms with Gasteiger partial charge in [0.2, 0.25) is 0 Å². The van der Waals surface area contributed by atoms with Gasteiger partial charge in [0.25, 0.3) is 0 Å². The second kappa shape index (κ2) is 4.48. The molecule has 2 atom stereocenters. The van der Waals surface area contributed by atoms with Crippen LogP contribution in [0.2, 0.25) is 0 Å². The quantitative estimate of drug-likeness (QED) is 0.730. The van der Waals surface area contributed by atoms with Gasteiger partial charge in [-0.25, -0.2) is 0 Å². The maximum atomic E-state index is 12.5. The third-order valence-corrected chi connectivity index (χ3v) is 4.52. The molecule has 92 valence electrons. The Kier molecular flexibility index (Phi) is 3.39. The van der Waals surface area contributed by atoms with E-state index in [9.17, 15) is 4.79 Å². The molecular weight excluding hydrogens is 198 g/mol. The van der Waals surface area contributed by atoms with Crippen LogP contribution in [-0.4, -0.2) is 30.3 Å². The topological polar surface area (TPSA) is 20.3 Å². The van der Waals surface area contributed by atoms with Crippen LogP contribution >= 0.6 is 0 Å². The summed E-state index contributed by atoms with van der Waals surface area (Å²) in [5.41, 5.74) is -0.125. The zero-order valence-electron chi connectivity index (χ0n) is 11.0. The minimum Gasteiger partial charge on any atom is -0.298 e. The van der Waals surface area contributed by atoms with Gasteiger partial charge in [0.15, 0.2) is 5.78 Å². The third kappa shape index (κ3) is 2.32. The van der Waals surface area contributed by atoms with Crippen LogP contribution in [0.5, 0.6) is 0 Å². The first kappa shape index (κ1) is 12.1. The summed E-state index contributed by atoms with van der Waals surface area (Å²) in [6.45, 7) is 2.29. The maximum absolute atomic E-state index is 12.5. The second-order valence-corrected chi connectivity index (χ2v) is 6.20. The van der Waals surface area contributed by atoms with Crippen molar-refractivity contribution in [2.75, 3.05) is 14.1 Å². The first-order chi connectivity index (χ1) is 7.54. The van der Waals surface area contributed by atoms with Crippen molar-refractivity contribution in [1.82, 2.24) is 4.90 Å². The van der Waals surface area contributed by atoms with Crippen LogP contribution in [0.3, 0.4) is 0 Å². The van der Waals surface area contributed by atoms with Crippen molar-refractivity contribution in [3.8, 4) is 0 Å². The molecule has 0 aromatic rings. The average molecular weight is 223 g/mol. The van der Waals surface area contributed by atoms with E-state index in [0.717, 1.165) is 25.2 Å². The number of ketones is 1. The van der Waals surface area contributed by atoms with Crippen LogP contribution in [0, 0.1) is 11.8 Å². The monoisotopic (exact) mass is 223 g/mol. The smallest absolute Gasteiger partial charge is 0.153 e. The highest BCUT2D eigenvalue weighted by Gasteiger charge is 2.44. The Hall–Kier alpha value is -0.370. The Morgan fingerprint density at radius 2 is 2.00 bits per heavy atom. The summed E-state index contributed by atoms with van der Waals surface area (Å²) in [5, 5.41) is 0. The minimum atomic E-state index is -0.125. The van der Waals surface area contributed by atoms with Gasteiger partial charge >= 0.3 is 0 Å². The lowest BCUT2D eigenvalue weighted by Crippen LogP contribution is -2.53. The number of likely N-dealkylation sites (N-methyl/N-ethyl adjacent to an activating group) is 1. The van der Waals surface area contributed by atoms with Crippen LogP contribution in [0.1, 0.15) is 51.9 Å². The van der Waals surface area contributed by atoms with Crippen molar-refractivity contribution in [2.24, 2.45) is 11.8 Å². The van der Waals surface area contributed by atoms with Gasteiger partial charge in [-0.1, -0.05) is 19.8 Å². The van der Waals surface area contributed by atoms with E-state index < -0.39 is 0 Å². The van der Waals surface area contributed by atoms with Gasteiger partial charge in [-0.05, 0) is 51.6 Å². The summed E-state index contributed by atoms with van der Waals surface area (Å²) in [6, 6.07) is 0. The van der Waals surface area contributed by atoms with Crippen molar-refractivity contribution in [3.05, 3.63) is 0 Å². The molecule has 2 aliphatic carbocycles. The van der Waals surface area contributed by atoms with E-state index in [1.807, 2.05) is 0 Å². The third-order valence-electron chi connectivity index (χ3n) is 4.52. The Morgan fingerprint density at radius 3 is 2.50 bits per heavy atom. The van der Waals surface area contributed by atoms with Gasteiger partial charge in [-0.2, -0.15) is 0 Å². The van der Waals surface area contributed by atoms with Gasteiger partial charge < -0.3 is 0 Å². The largest absolute Gasteiger partial charge is 0.298 e. The fourth-order valence-electron chi connectivity index (χ4n) is 3.21. The molecule has 0 spiro atoms. The molecule has 0 amide bonds. The molecule has 2 unspecified atom stereocenters. The van der Waals surface area contributed by atoms with Crippen molar-refractivity contribution in [2.45, 2.75) is 57.4 Å². The number of Topliss-reactive ketones (excluding diaryl/α,β-unsaturated/α-hetero) is 1. The SMILES string of the molecule is CC1CCCC(C(=O)CC2CC2)(N(C)C)C1. The summed E-state index contributed by atoms with van der Waals surface area (Å²) < 4.78 is 0. The highest BCUT2D eigenvalue weighted by Crippen LogP contribution is 2.41. The molecule has 0 bridgehead atoms. The molecule has 0 heterocycles. The summed E-state index contributed by atoms with van der Waals surface area (Å²) in [7, 11) is 4.17. The summed E-state index contributed by atoms with van der Waals surface area (Å²) in [4.78, 5) is 14.7. The van der Waals surface area contributed by atoms with E-state index in [0.29, 0.717) is 11.7 Å². The average Bonchev–Trinajstić information content (AvgIpc) is 3.01. The zero-order valence-corrected chi connectivity index (χ0v) is 11.0. The number of hydrogen-bond donors (Lipinski definition) is 0. The molecule has 0 radical (unpaired) electrons. The lowest BCUT2D eigenvalue weighted by Gasteiger charge is -2.44. The van der Waals surface area contributed by atoms with E-state index in [2.05, 4.69) is 25.9 Å². The summed E-state index contributed by atoms with van der Waals surface area (Å²) in [6.07, 6.45) is 8.07. The van der Waals surface area contributed by atoms with Crippen LogP contribution in [0.25, 0.3) is 0 Å². The first-order valence-corrected chi connectivity index (χ1v) is 6.75. The fraction of sp³-hybridized carbons (Fsp3) is 0.929. The molecule has 2 fully saturated rings. The Labute approximate surface area is 99.4 Å². The molecule has 2 heteroatoms. The minimum absolute atomic E-state index is 0.125. The number of nitrogens with zero attached hydrogens (tertiary/aromatic N) is 1. The van der Waals surface area contributed by atoms with E-state index in [4.69, 9.17) is 0 Å². The first-order valence-electron chi connectivity index (χ1n) is 6.75. The van der Waals surface area contributed by atoms with Crippen molar-refractivity contribution < 1.29 is 4.79 Å². The van der Waals surface area contributed by atoms with Gasteiger partial charge in [0.1, 0.15) is 0 Å². The molecule has 2 rings (SSSR count). The molecule has 0 N–H and O–H groups in total. The van der Waals surface area contributed by atoms with Crippen LogP contribution < -0.4 is 0 Å². The second-order valence-electron chi connectivity index (χ2n) is 6.20. The number of rotatable bonds is 4. The van der Waals surface area contributed by atoms with Crippen molar-refractivity contribution >= 4 is 5.78 Å². The number of carbonyl (C=O) groups is 1. The predicted octanol–water partition coefficient (Wildman–Crippen LogP) is 2.87. The number of carbonyl (C=O) groups excluding carboxylic acids is 1. The van der Waals surface area contributed by atoms with Crippen LogP contribution in [0.15, 0.2) is 0 Å². The Balaban J connectivity index is 2.09. The Morgan fingerprint density at radius 1 is 1.31 bits per heavy atom. The predicted molar refractivity (Wildman–Crippen MR) is 66.4 cm³/mol. The zero-order chi connectivity index (χ0) is 11.8. The van der Waals surface area contributed by atoms with Crippen LogP contribution in [-0.2, 0) is 4.79 Å². The normalized spacial score (nSPS) is 35.4. The standard InChI is InChI=1S/C14H25NO/c1-11-5-4-8-14(10-11,15(2)3)13(16)9-12-6-7-12/h11-12H,4-10H2,1-3H3. The summed E-state index contributed by atoms with van der Waals surface area (Å²) in [5.74, 6) is 1.95. The van der Waals surface area contributed by atoms with Crippen LogP contribution in [0.4, 0.5) is 0 Å². The molecular formula is C14H25NO. The lowest BCUT2D eigenvalue weighted by molar-refractivity contribution is -0.133. The highest BCUT2D eigenvalue weighted by molar-refractivity contribution is 5.89. The highest BCUT2D eigenvalue weighted by atomic mass is 16.1. The van der Waals surface area contributed by atoms with Gasteiger partial charge in [-0.3, -0.25) is 9.69 Å². The summed E-state index contributed by atoms with van der Waals surface area (Å²) >= 11 is 0. The number of hydrogen-bond acceptors (Lipinski definition) is 2. The molecule has 0 aromatic heterocycles. The molecule has 2 saturated carbocycles. The van der Waals surface area contributed by atoms with Crippen molar-refractivity contribution in [3.63, 3.8) is 0 Å². The van der Waals surface area contributed by atoms with E-state index >= 15 is 0 Å². The molecule has 0 aromatic carbocycles. The Bertz CT molecular complexity index is 270. The lowest BCUT2D eigenvalue weighted by atomic mass is 9.72. The van der Waals surface area contributed by atoms with Gasteiger partial charge in [0, 0.05) is 6.42 Å². The van der Waals surface area contributed by atoms with Crippen molar-refractivity contribution in [1.29, 1.82) is 0 Å². The van der Waals surface area contributed by atoms with E-state index in [1.54, 1.807) is 0 Å². The molecule has 16 heavy (non-hydrogen) atoms. The molecule has 0 aliphatic heterocycles. The fourth-order valence-corrected chi connectivity index (χ4v) is 3.21. The van der Waals surface area contributed by atoms with E-state index in [1.165, 1.54) is 25.7 Å². The van der Waals surface area contributed by atoms with E-state index in [-0.39, 0.29) is 5.54 Å².